The number of urea groups is 1. The molecular formula is C16H15FN2O. The molecule has 0 spiro atoms. The van der Waals surface area contributed by atoms with Crippen LogP contribution >= 0.6 is 0 Å². The van der Waals surface area contributed by atoms with Crippen molar-refractivity contribution >= 4 is 11.7 Å². The molecule has 0 saturated heterocycles. The Kier molecular flexibility index (Phi) is 3.14. The van der Waals surface area contributed by atoms with Gasteiger partial charge in [-0.15, -0.1) is 0 Å². The van der Waals surface area contributed by atoms with Crippen LogP contribution in [0.1, 0.15) is 11.1 Å². The molecule has 0 radical (unpaired) electrons. The molecule has 0 saturated carbocycles. The molecule has 102 valence electrons. The molecule has 1 aliphatic heterocycles. The molecule has 0 aromatic heterocycles. The molecule has 3 rings (SSSR count). The van der Waals surface area contributed by atoms with Gasteiger partial charge >= 0.3 is 6.03 Å². The van der Waals surface area contributed by atoms with Gasteiger partial charge in [-0.25, -0.2) is 9.18 Å². The van der Waals surface area contributed by atoms with Crippen LogP contribution in [0, 0.1) is 5.82 Å². The number of para-hydroxylation sites is 1. The average Bonchev–Trinajstić information content (AvgIpc) is 2.46. The van der Waals surface area contributed by atoms with Gasteiger partial charge in [-0.1, -0.05) is 36.4 Å². The van der Waals surface area contributed by atoms with Gasteiger partial charge in [0.2, 0.25) is 0 Å². The number of amides is 2. The first-order chi connectivity index (χ1) is 9.66. The third-order valence-corrected chi connectivity index (χ3v) is 3.53. The number of nitrogens with zero attached hydrogens (tertiary/aromatic N) is 2. The summed E-state index contributed by atoms with van der Waals surface area (Å²) in [5.74, 6) is -0.286. The van der Waals surface area contributed by atoms with E-state index in [2.05, 4.69) is 0 Å². The molecule has 20 heavy (non-hydrogen) atoms. The third kappa shape index (κ3) is 2.13. The molecular weight excluding hydrogens is 255 g/mol. The van der Waals surface area contributed by atoms with Crippen molar-refractivity contribution in [3.05, 3.63) is 65.5 Å². The van der Waals surface area contributed by atoms with Crippen LogP contribution in [-0.2, 0) is 13.1 Å². The van der Waals surface area contributed by atoms with Gasteiger partial charge in [-0.05, 0) is 17.7 Å². The van der Waals surface area contributed by atoms with Crippen molar-refractivity contribution in [2.45, 2.75) is 13.1 Å². The Morgan fingerprint density at radius 1 is 1.10 bits per heavy atom. The number of anilines is 1. The number of carbonyl (C=O) groups is 1. The van der Waals surface area contributed by atoms with E-state index in [4.69, 9.17) is 0 Å². The zero-order valence-electron chi connectivity index (χ0n) is 11.2. The fourth-order valence-electron chi connectivity index (χ4n) is 2.49. The fourth-order valence-corrected chi connectivity index (χ4v) is 2.49. The molecule has 0 fully saturated rings. The minimum absolute atomic E-state index is 0.105. The summed E-state index contributed by atoms with van der Waals surface area (Å²) < 4.78 is 13.8. The quantitative estimate of drug-likeness (QED) is 0.820. The van der Waals surface area contributed by atoms with Gasteiger partial charge in [-0.2, -0.15) is 0 Å². The summed E-state index contributed by atoms with van der Waals surface area (Å²) in [6.07, 6.45) is 0. The summed E-state index contributed by atoms with van der Waals surface area (Å²) in [5, 5.41) is 0. The Labute approximate surface area is 117 Å². The number of halogens is 1. The fraction of sp³-hybridized carbons (Fsp3) is 0.188. The van der Waals surface area contributed by atoms with E-state index < -0.39 is 0 Å². The first-order valence-electron chi connectivity index (χ1n) is 6.51. The first kappa shape index (κ1) is 12.7. The van der Waals surface area contributed by atoms with Crippen molar-refractivity contribution in [3.8, 4) is 0 Å². The van der Waals surface area contributed by atoms with Crippen molar-refractivity contribution in [2.24, 2.45) is 0 Å². The Morgan fingerprint density at radius 2 is 1.80 bits per heavy atom. The van der Waals surface area contributed by atoms with Crippen LogP contribution in [0.15, 0.2) is 48.5 Å². The molecule has 2 aromatic rings. The van der Waals surface area contributed by atoms with Crippen molar-refractivity contribution in [1.29, 1.82) is 0 Å². The van der Waals surface area contributed by atoms with Crippen LogP contribution in [0.4, 0.5) is 14.9 Å². The van der Waals surface area contributed by atoms with Gasteiger partial charge in [-0.3, -0.25) is 4.90 Å². The maximum Gasteiger partial charge on any atom is 0.324 e. The highest BCUT2D eigenvalue weighted by atomic mass is 19.1. The normalized spacial score (nSPS) is 14.4. The van der Waals surface area contributed by atoms with Gasteiger partial charge in [0.25, 0.3) is 0 Å². The molecule has 0 unspecified atom stereocenters. The SMILES string of the molecule is CN1Cc2ccccc2N(Cc2ccccc2F)C1=O. The van der Waals surface area contributed by atoms with Crippen LogP contribution in [0.2, 0.25) is 0 Å². The van der Waals surface area contributed by atoms with Crippen LogP contribution in [0.25, 0.3) is 0 Å². The Bertz CT molecular complexity index is 656. The highest BCUT2D eigenvalue weighted by Gasteiger charge is 2.28. The second kappa shape index (κ2) is 4.96. The number of carbonyl (C=O) groups excluding carboxylic acids is 1. The van der Waals surface area contributed by atoms with E-state index in [1.54, 1.807) is 35.0 Å². The van der Waals surface area contributed by atoms with Gasteiger partial charge in [0, 0.05) is 19.2 Å². The predicted octanol–water partition coefficient (Wildman–Crippen LogP) is 3.40. The largest absolute Gasteiger partial charge is 0.324 e. The monoisotopic (exact) mass is 270 g/mol. The van der Waals surface area contributed by atoms with Crippen LogP contribution < -0.4 is 4.90 Å². The van der Waals surface area contributed by atoms with E-state index >= 15 is 0 Å². The Morgan fingerprint density at radius 3 is 2.60 bits per heavy atom. The highest BCUT2D eigenvalue weighted by molar-refractivity contribution is 5.94. The first-order valence-corrected chi connectivity index (χ1v) is 6.51. The van der Waals surface area contributed by atoms with E-state index in [1.807, 2.05) is 24.3 Å². The van der Waals surface area contributed by atoms with Gasteiger partial charge in [0.15, 0.2) is 0 Å². The maximum atomic E-state index is 13.8. The number of rotatable bonds is 2. The van der Waals surface area contributed by atoms with Crippen molar-refractivity contribution in [3.63, 3.8) is 0 Å². The minimum Gasteiger partial charge on any atom is -0.323 e. The van der Waals surface area contributed by atoms with Crippen molar-refractivity contribution in [2.75, 3.05) is 11.9 Å². The molecule has 0 bridgehead atoms. The summed E-state index contributed by atoms with van der Waals surface area (Å²) in [6, 6.07) is 14.2. The summed E-state index contributed by atoms with van der Waals surface area (Å²) in [6.45, 7) is 0.829. The molecule has 0 N–H and O–H groups in total. The summed E-state index contributed by atoms with van der Waals surface area (Å²) in [4.78, 5) is 15.6. The van der Waals surface area contributed by atoms with Gasteiger partial charge < -0.3 is 4.90 Å². The average molecular weight is 270 g/mol. The smallest absolute Gasteiger partial charge is 0.323 e. The van der Waals surface area contributed by atoms with E-state index in [9.17, 15) is 9.18 Å². The summed E-state index contributed by atoms with van der Waals surface area (Å²) in [7, 11) is 1.76. The standard InChI is InChI=1S/C16H15FN2O/c1-18-10-13-7-3-5-9-15(13)19(16(18)20)11-12-6-2-4-8-14(12)17/h2-9H,10-11H2,1H3. The van der Waals surface area contributed by atoms with Crippen LogP contribution in [0.5, 0.6) is 0 Å². The highest BCUT2D eigenvalue weighted by Crippen LogP contribution is 2.29. The van der Waals surface area contributed by atoms with E-state index in [0.29, 0.717) is 12.1 Å². The molecule has 2 amide bonds. The molecule has 2 aromatic carbocycles. The molecule has 0 atom stereocenters. The van der Waals surface area contributed by atoms with Crippen molar-refractivity contribution < 1.29 is 9.18 Å². The maximum absolute atomic E-state index is 13.8. The molecule has 4 heteroatoms. The molecule has 1 heterocycles. The van der Waals surface area contributed by atoms with Crippen LogP contribution in [0.3, 0.4) is 0 Å². The molecule has 1 aliphatic rings. The van der Waals surface area contributed by atoms with Crippen molar-refractivity contribution in [1.82, 2.24) is 4.90 Å². The van der Waals surface area contributed by atoms with E-state index in [1.165, 1.54) is 6.07 Å². The number of benzene rings is 2. The molecule has 0 aliphatic carbocycles. The lowest BCUT2D eigenvalue weighted by Gasteiger charge is -2.35. The number of hydrogen-bond acceptors (Lipinski definition) is 1. The zero-order valence-corrected chi connectivity index (χ0v) is 11.2. The lowest BCUT2D eigenvalue weighted by molar-refractivity contribution is 0.210. The topological polar surface area (TPSA) is 23.6 Å². The minimum atomic E-state index is -0.286. The lowest BCUT2D eigenvalue weighted by Crippen LogP contribution is -2.44. The third-order valence-electron chi connectivity index (χ3n) is 3.53. The van der Waals surface area contributed by atoms with E-state index in [-0.39, 0.29) is 18.4 Å². The van der Waals surface area contributed by atoms with Gasteiger partial charge in [0.05, 0.1) is 12.2 Å². The lowest BCUT2D eigenvalue weighted by atomic mass is 10.1. The van der Waals surface area contributed by atoms with E-state index in [0.717, 1.165) is 11.3 Å². The van der Waals surface area contributed by atoms with Crippen LogP contribution in [-0.4, -0.2) is 18.0 Å². The Balaban J connectivity index is 2.00. The molecule has 3 nitrogen and oxygen atoms in total. The second-order valence-electron chi connectivity index (χ2n) is 4.94. The summed E-state index contributed by atoms with van der Waals surface area (Å²) in [5.41, 5.74) is 2.45. The second-order valence-corrected chi connectivity index (χ2v) is 4.94. The number of fused-ring (bicyclic) bond motifs is 1. The zero-order chi connectivity index (χ0) is 14.1. The van der Waals surface area contributed by atoms with Gasteiger partial charge in [0.1, 0.15) is 5.82 Å². The predicted molar refractivity (Wildman–Crippen MR) is 75.9 cm³/mol. The Hall–Kier alpha value is -2.36. The summed E-state index contributed by atoms with van der Waals surface area (Å²) >= 11 is 0. The number of hydrogen-bond donors (Lipinski definition) is 0.